The molecule has 0 aromatic heterocycles. The van der Waals surface area contributed by atoms with Crippen molar-refractivity contribution in [2.24, 2.45) is 0 Å². The Balaban J connectivity index is 1.12. The van der Waals surface area contributed by atoms with Gasteiger partial charge in [0.2, 0.25) is 0 Å². The van der Waals surface area contributed by atoms with E-state index in [2.05, 4.69) is 0 Å². The third kappa shape index (κ3) is 14.7. The molecule has 21 fully saturated rings. The summed E-state index contributed by atoms with van der Waals surface area (Å²) in [6, 6.07) is 0. The highest BCUT2D eigenvalue weighted by molar-refractivity contribution is 5.66. The molecule has 35 atom stereocenters. The summed E-state index contributed by atoms with van der Waals surface area (Å²) in [5.74, 6) is -2.80. The summed E-state index contributed by atoms with van der Waals surface area (Å²) in [6.45, 7) is -3.95. The second kappa shape index (κ2) is 29.6. The smallest absolute Gasteiger partial charge is 0.302 e. The average Bonchev–Trinajstić information content (AvgIpc) is 0.999. The summed E-state index contributed by atoms with van der Waals surface area (Å²) in [5.41, 5.74) is 0. The highest BCUT2D eigenvalue weighted by Crippen LogP contribution is 2.39. The van der Waals surface area contributed by atoms with Gasteiger partial charge in [0.15, 0.2) is 44.0 Å². The Morgan fingerprint density at radius 3 is 0.523 bits per heavy atom. The van der Waals surface area contributed by atoms with Gasteiger partial charge in [-0.25, -0.2) is 0 Å². The summed E-state index contributed by atoms with van der Waals surface area (Å²) in [6.07, 6.45) is -72.3. The van der Waals surface area contributed by atoms with E-state index in [1.165, 1.54) is 0 Å². The van der Waals surface area contributed by atoms with Crippen LogP contribution in [0.3, 0.4) is 0 Å². The lowest BCUT2D eigenvalue weighted by Gasteiger charge is -2.50. The molecule has 21 aliphatic heterocycles. The van der Waals surface area contributed by atoms with Gasteiger partial charge in [0, 0.05) is 20.8 Å². The lowest BCUT2D eigenvalue weighted by atomic mass is 9.95. The van der Waals surface area contributed by atoms with Crippen molar-refractivity contribution in [3.05, 3.63) is 0 Å². The van der Waals surface area contributed by atoms with Gasteiger partial charge in [-0.05, 0) is 0 Å². The minimum Gasteiger partial charge on any atom is -0.463 e. The van der Waals surface area contributed by atoms with Gasteiger partial charge in [-0.15, -0.1) is 0 Å². The predicted octanol–water partition coefficient (Wildman–Crippen LogP) is -13.5. The predicted molar refractivity (Wildman–Crippen MR) is 257 cm³/mol. The van der Waals surface area contributed by atoms with Gasteiger partial charge in [0.05, 0.1) is 26.4 Å². The normalized spacial score (nSPS) is 50.5. The zero-order valence-corrected chi connectivity index (χ0v) is 45.9. The summed E-state index contributed by atoms with van der Waals surface area (Å²) < 4.78 is 96.5. The van der Waals surface area contributed by atoms with Gasteiger partial charge in [-0.1, -0.05) is 0 Å². The molecule has 86 heavy (non-hydrogen) atoms. The molecule has 18 N–H and O–H groups in total. The first-order chi connectivity index (χ1) is 40.7. The van der Waals surface area contributed by atoms with Crippen LogP contribution in [0.5, 0.6) is 0 Å². The molecular formula is C48H76O38. The van der Waals surface area contributed by atoms with Gasteiger partial charge < -0.3 is 172 Å². The van der Waals surface area contributed by atoms with Crippen molar-refractivity contribution in [1.82, 2.24) is 0 Å². The van der Waals surface area contributed by atoms with Crippen molar-refractivity contribution in [3.63, 3.8) is 0 Å². The molecule has 38 heteroatoms. The van der Waals surface area contributed by atoms with Crippen molar-refractivity contribution >= 4 is 17.9 Å². The molecule has 0 aromatic rings. The number of carbonyl (C=O) groups is 3. The molecule has 0 radical (unpaired) electrons. The maximum Gasteiger partial charge on any atom is 0.302 e. The van der Waals surface area contributed by atoms with E-state index < -0.39 is 279 Å². The van der Waals surface area contributed by atoms with Crippen LogP contribution in [0.25, 0.3) is 0 Å². The molecule has 0 aliphatic carbocycles. The first kappa shape index (κ1) is 69.0. The summed E-state index contributed by atoms with van der Waals surface area (Å²) in [4.78, 5) is 36.3. The van der Waals surface area contributed by atoms with Gasteiger partial charge in [-0.2, -0.15) is 0 Å². The minimum atomic E-state index is -2.28. The van der Waals surface area contributed by atoms with Crippen molar-refractivity contribution in [3.8, 4) is 0 Å². The maximum absolute atomic E-state index is 12.1. The summed E-state index contributed by atoms with van der Waals surface area (Å²) >= 11 is 0. The molecule has 0 aromatic carbocycles. The largest absolute Gasteiger partial charge is 0.463 e. The molecule has 21 rings (SSSR count). The molecule has 496 valence electrons. The Hall–Kier alpha value is -2.87. The molecule has 38 nitrogen and oxygen atoms in total. The van der Waals surface area contributed by atoms with E-state index in [1.807, 2.05) is 0 Å². The zero-order valence-electron chi connectivity index (χ0n) is 45.9. The van der Waals surface area contributed by atoms with Gasteiger partial charge in [0.1, 0.15) is 191 Å². The molecule has 14 bridgehead atoms. The Morgan fingerprint density at radius 2 is 0.384 bits per heavy atom. The number of aliphatic hydroxyl groups excluding tert-OH is 18. The fourth-order valence-corrected chi connectivity index (χ4v) is 11.0. The van der Waals surface area contributed by atoms with E-state index in [1.54, 1.807) is 0 Å². The number of carbonyl (C=O) groups excluding carboxylic acids is 3. The molecule has 21 saturated heterocycles. The molecule has 0 spiro atoms. The molecule has 0 amide bonds. The second-order valence-electron chi connectivity index (χ2n) is 21.5. The van der Waals surface area contributed by atoms with E-state index in [0.29, 0.717) is 0 Å². The van der Waals surface area contributed by atoms with Crippen LogP contribution < -0.4 is 0 Å². The first-order valence-electron chi connectivity index (χ1n) is 27.3. The number of aliphatic hydroxyl groups is 18. The van der Waals surface area contributed by atoms with Crippen LogP contribution >= 0.6 is 0 Å². The van der Waals surface area contributed by atoms with Gasteiger partial charge in [0.25, 0.3) is 0 Å². The van der Waals surface area contributed by atoms with E-state index in [4.69, 9.17) is 80.5 Å². The third-order valence-corrected chi connectivity index (χ3v) is 15.6. The number of hydrogen-bond acceptors (Lipinski definition) is 38. The van der Waals surface area contributed by atoms with Crippen molar-refractivity contribution in [2.45, 2.75) is 236 Å². The van der Waals surface area contributed by atoms with Crippen molar-refractivity contribution < 1.29 is 187 Å². The van der Waals surface area contributed by atoms with Crippen LogP contribution in [-0.4, -0.2) is 371 Å². The van der Waals surface area contributed by atoms with Crippen LogP contribution in [-0.2, 0) is 94.9 Å². The Bertz CT molecular complexity index is 2160. The van der Waals surface area contributed by atoms with E-state index in [9.17, 15) is 106 Å². The Kier molecular flexibility index (Phi) is 23.8. The average molecular weight is 1260 g/mol. The quantitative estimate of drug-likeness (QED) is 0.0713. The van der Waals surface area contributed by atoms with Crippen LogP contribution in [0.15, 0.2) is 0 Å². The van der Waals surface area contributed by atoms with Crippen LogP contribution in [0.1, 0.15) is 20.8 Å². The number of rotatable bonds is 10. The van der Waals surface area contributed by atoms with Crippen LogP contribution in [0.4, 0.5) is 0 Å². The topological polar surface area (TPSA) is 572 Å². The summed E-state index contributed by atoms with van der Waals surface area (Å²) in [7, 11) is 0. The minimum absolute atomic E-state index is 0.829. The van der Waals surface area contributed by atoms with E-state index in [-0.39, 0.29) is 0 Å². The molecule has 35 unspecified atom stereocenters. The fourth-order valence-electron chi connectivity index (χ4n) is 11.0. The Labute approximate surface area is 486 Å². The second-order valence-corrected chi connectivity index (χ2v) is 21.5. The lowest BCUT2D eigenvalue weighted by molar-refractivity contribution is -0.396. The SMILES string of the molecule is CC(=O)OCC1OC2OC3C(CO)OC(OC4C(CO)OC(OC5C(COC(C)=O)OC(OC6C(COC(C)=O)OC(OC7C(CO)OC(OC8C(CO)OC(OC1C(O)C2O)C(O)C8O)C(O)C7O)C(O)C6O)C(O)C5O)C(O)C4O)C(O)C3O. The van der Waals surface area contributed by atoms with Gasteiger partial charge >= 0.3 is 17.9 Å². The molecule has 21 heterocycles. The van der Waals surface area contributed by atoms with Crippen molar-refractivity contribution in [2.75, 3.05) is 46.2 Å². The monoisotopic (exact) mass is 1260 g/mol. The third-order valence-electron chi connectivity index (χ3n) is 15.6. The van der Waals surface area contributed by atoms with Gasteiger partial charge in [-0.3, -0.25) is 14.4 Å². The van der Waals surface area contributed by atoms with E-state index in [0.717, 1.165) is 20.8 Å². The highest BCUT2D eigenvalue weighted by atomic mass is 16.8. The number of esters is 3. The number of ether oxygens (including phenoxy) is 17. The fraction of sp³-hybridized carbons (Fsp3) is 0.938. The molecular weight excluding hydrogens is 1180 g/mol. The molecule has 0 saturated carbocycles. The highest BCUT2D eigenvalue weighted by Gasteiger charge is 2.60. The van der Waals surface area contributed by atoms with Crippen LogP contribution in [0.2, 0.25) is 0 Å². The maximum atomic E-state index is 12.1. The van der Waals surface area contributed by atoms with E-state index >= 15 is 0 Å². The van der Waals surface area contributed by atoms with Crippen LogP contribution in [0, 0.1) is 0 Å². The lowest BCUT2D eigenvalue weighted by Crippen LogP contribution is -2.68. The standard InChI is InChI=1S/C48H76O38/c1-11(53)70-8-18-39-25(60)32(67)46(77-18)82-37-16(6-51)73-42(28(63)21(37)56)81-36-15(5-50)76-45(31(66)24(36)59)85-40-19(9-71-12(2)54)79-48(34(69)27(40)62)86-41-20(10-72-13(3)55)78-47(33(68)26(41)61)83-38-17(7-52)74-43(29(64)22(38)57)80-35-14(4-49)75-44(84-39)30(65)23(35)58/h14-52,56-69H,4-10H2,1-3H3. The first-order valence-corrected chi connectivity index (χ1v) is 27.3. The Morgan fingerprint density at radius 1 is 0.244 bits per heavy atom. The molecule has 21 aliphatic rings. The van der Waals surface area contributed by atoms with Crippen molar-refractivity contribution in [1.29, 1.82) is 0 Å². The number of hydrogen-bond donors (Lipinski definition) is 18. The zero-order chi connectivity index (χ0) is 62.9. The summed E-state index contributed by atoms with van der Waals surface area (Å²) in [5, 5.41) is 203.